The van der Waals surface area contributed by atoms with Crippen LogP contribution in [0.25, 0.3) is 0 Å². The summed E-state index contributed by atoms with van der Waals surface area (Å²) in [5.74, 6) is 0.717. The van der Waals surface area contributed by atoms with Gasteiger partial charge in [-0.2, -0.15) is 0 Å². The van der Waals surface area contributed by atoms with Crippen LogP contribution in [0.4, 0.5) is 0 Å². The molecule has 1 aromatic carbocycles. The van der Waals surface area contributed by atoms with Crippen molar-refractivity contribution >= 4 is 0 Å². The maximum atomic E-state index is 3.33. The first-order valence-corrected chi connectivity index (χ1v) is 5.63. The van der Waals surface area contributed by atoms with Crippen LogP contribution < -0.4 is 0 Å². The van der Waals surface area contributed by atoms with Crippen LogP contribution in [-0.2, 0) is 12.8 Å². The van der Waals surface area contributed by atoms with Crippen molar-refractivity contribution in [3.05, 3.63) is 59.4 Å². The van der Waals surface area contributed by atoms with Crippen LogP contribution in [0.3, 0.4) is 0 Å². The molecular weight excluding hydrogens is 182 g/mol. The topological polar surface area (TPSA) is 15.8 Å². The number of aromatic nitrogens is 1. The summed E-state index contributed by atoms with van der Waals surface area (Å²) < 4.78 is 0. The molecule has 1 heterocycles. The number of hydrogen-bond donors (Lipinski definition) is 1. The van der Waals surface area contributed by atoms with E-state index < -0.39 is 0 Å². The second-order valence-electron chi connectivity index (χ2n) is 4.33. The Morgan fingerprint density at radius 2 is 1.93 bits per heavy atom. The molecule has 1 nitrogen and oxygen atoms in total. The average molecular weight is 197 g/mol. The molecule has 0 saturated heterocycles. The molecule has 1 atom stereocenters. The summed E-state index contributed by atoms with van der Waals surface area (Å²) in [6.45, 7) is 0. The maximum absolute atomic E-state index is 3.33. The minimum Gasteiger partial charge on any atom is -0.365 e. The number of nitrogens with one attached hydrogen (secondary N) is 1. The molecule has 1 N–H and O–H groups in total. The van der Waals surface area contributed by atoms with Crippen molar-refractivity contribution < 1.29 is 0 Å². The summed E-state index contributed by atoms with van der Waals surface area (Å²) >= 11 is 0. The van der Waals surface area contributed by atoms with E-state index in [0.717, 1.165) is 5.92 Å². The molecule has 0 amide bonds. The Hall–Kier alpha value is -1.50. The van der Waals surface area contributed by atoms with Gasteiger partial charge in [-0.15, -0.1) is 0 Å². The van der Waals surface area contributed by atoms with E-state index in [2.05, 4.69) is 47.6 Å². The molecule has 76 valence electrons. The van der Waals surface area contributed by atoms with Crippen LogP contribution >= 0.6 is 0 Å². The van der Waals surface area contributed by atoms with Crippen molar-refractivity contribution in [3.63, 3.8) is 0 Å². The molecule has 1 aromatic heterocycles. The Kier molecular flexibility index (Phi) is 2.09. The lowest BCUT2D eigenvalue weighted by Crippen LogP contribution is -2.11. The molecule has 1 unspecified atom stereocenters. The normalized spacial score (nSPS) is 19.9. The average Bonchev–Trinajstić information content (AvgIpc) is 2.77. The lowest BCUT2D eigenvalue weighted by Gasteiger charge is -2.22. The maximum Gasteiger partial charge on any atom is 0.0180 e. The van der Waals surface area contributed by atoms with Crippen molar-refractivity contribution in [2.45, 2.75) is 25.2 Å². The predicted octanol–water partition coefficient (Wildman–Crippen LogP) is 3.29. The van der Waals surface area contributed by atoms with Gasteiger partial charge in [0.15, 0.2) is 0 Å². The molecule has 0 spiro atoms. The first kappa shape index (κ1) is 8.78. The van der Waals surface area contributed by atoms with E-state index in [-0.39, 0.29) is 0 Å². The van der Waals surface area contributed by atoms with Gasteiger partial charge >= 0.3 is 0 Å². The third-order valence-corrected chi connectivity index (χ3v) is 3.41. The quantitative estimate of drug-likeness (QED) is 0.722. The van der Waals surface area contributed by atoms with Crippen LogP contribution in [0, 0.1) is 0 Å². The second kappa shape index (κ2) is 3.58. The minimum absolute atomic E-state index is 0.717. The van der Waals surface area contributed by atoms with Crippen LogP contribution in [0.5, 0.6) is 0 Å². The smallest absolute Gasteiger partial charge is 0.0180 e. The Labute approximate surface area is 90.2 Å². The summed E-state index contributed by atoms with van der Waals surface area (Å²) in [4.78, 5) is 3.33. The largest absolute Gasteiger partial charge is 0.365 e. The van der Waals surface area contributed by atoms with Crippen molar-refractivity contribution in [1.29, 1.82) is 0 Å². The summed E-state index contributed by atoms with van der Waals surface area (Å²) in [6.07, 6.45) is 5.74. The molecule has 1 heteroatoms. The number of hydrogen-bond acceptors (Lipinski definition) is 0. The highest BCUT2D eigenvalue weighted by Crippen LogP contribution is 2.31. The van der Waals surface area contributed by atoms with Gasteiger partial charge in [-0.25, -0.2) is 0 Å². The van der Waals surface area contributed by atoms with E-state index in [1.807, 2.05) is 0 Å². The van der Waals surface area contributed by atoms with Gasteiger partial charge in [0.1, 0.15) is 0 Å². The zero-order valence-electron chi connectivity index (χ0n) is 8.74. The summed E-state index contributed by atoms with van der Waals surface area (Å²) in [7, 11) is 0. The highest BCUT2D eigenvalue weighted by atomic mass is 14.7. The molecule has 0 bridgehead atoms. The van der Waals surface area contributed by atoms with Crippen LogP contribution in [-0.4, -0.2) is 4.98 Å². The number of fused-ring (bicyclic) bond motifs is 1. The monoisotopic (exact) mass is 197 g/mol. The van der Waals surface area contributed by atoms with E-state index in [1.165, 1.54) is 36.1 Å². The number of aromatic amines is 1. The van der Waals surface area contributed by atoms with Gasteiger partial charge in [0.2, 0.25) is 0 Å². The SMILES string of the molecule is c1ccc(C2CCc3[nH]ccc3C2)cc1. The van der Waals surface area contributed by atoms with E-state index >= 15 is 0 Å². The molecule has 1 aliphatic carbocycles. The highest BCUT2D eigenvalue weighted by Gasteiger charge is 2.20. The fourth-order valence-electron chi connectivity index (χ4n) is 2.56. The molecule has 3 rings (SSSR count). The van der Waals surface area contributed by atoms with Gasteiger partial charge in [-0.3, -0.25) is 0 Å². The van der Waals surface area contributed by atoms with Crippen molar-refractivity contribution in [3.8, 4) is 0 Å². The van der Waals surface area contributed by atoms with Crippen LogP contribution in [0.2, 0.25) is 0 Å². The fourth-order valence-corrected chi connectivity index (χ4v) is 2.56. The predicted molar refractivity (Wildman–Crippen MR) is 62.0 cm³/mol. The van der Waals surface area contributed by atoms with Gasteiger partial charge in [0, 0.05) is 11.9 Å². The summed E-state index contributed by atoms with van der Waals surface area (Å²) in [6, 6.07) is 13.1. The van der Waals surface area contributed by atoms with Gasteiger partial charge in [-0.05, 0) is 42.4 Å². The lowest BCUT2D eigenvalue weighted by atomic mass is 9.83. The standard InChI is InChI=1S/C14H15N/c1-2-4-11(5-3-1)12-6-7-14-13(10-12)8-9-15-14/h1-5,8-9,12,15H,6-7,10H2. The van der Waals surface area contributed by atoms with E-state index in [0.29, 0.717) is 0 Å². The Morgan fingerprint density at radius 3 is 2.80 bits per heavy atom. The minimum atomic E-state index is 0.717. The Balaban J connectivity index is 1.88. The zero-order chi connectivity index (χ0) is 10.1. The Bertz CT molecular complexity index is 441. The lowest BCUT2D eigenvalue weighted by molar-refractivity contribution is 0.580. The first-order valence-electron chi connectivity index (χ1n) is 5.63. The Morgan fingerprint density at radius 1 is 1.07 bits per heavy atom. The fraction of sp³-hybridized carbons (Fsp3) is 0.286. The molecule has 15 heavy (non-hydrogen) atoms. The molecule has 0 aliphatic heterocycles. The van der Waals surface area contributed by atoms with Gasteiger partial charge in [0.25, 0.3) is 0 Å². The van der Waals surface area contributed by atoms with Crippen LogP contribution in [0.15, 0.2) is 42.6 Å². The van der Waals surface area contributed by atoms with Gasteiger partial charge in [-0.1, -0.05) is 30.3 Å². The molecule has 0 radical (unpaired) electrons. The first-order chi connectivity index (χ1) is 7.43. The zero-order valence-corrected chi connectivity index (χ0v) is 8.74. The summed E-state index contributed by atoms with van der Waals surface area (Å²) in [5.41, 5.74) is 4.45. The number of H-pyrrole nitrogens is 1. The summed E-state index contributed by atoms with van der Waals surface area (Å²) in [5, 5.41) is 0. The van der Waals surface area contributed by atoms with Gasteiger partial charge < -0.3 is 4.98 Å². The van der Waals surface area contributed by atoms with Crippen molar-refractivity contribution in [2.24, 2.45) is 0 Å². The number of rotatable bonds is 1. The molecule has 2 aromatic rings. The highest BCUT2D eigenvalue weighted by molar-refractivity contribution is 5.30. The second-order valence-corrected chi connectivity index (χ2v) is 4.33. The number of aryl methyl sites for hydroxylation is 1. The number of benzene rings is 1. The third-order valence-electron chi connectivity index (χ3n) is 3.41. The molecule has 0 fully saturated rings. The van der Waals surface area contributed by atoms with E-state index in [4.69, 9.17) is 0 Å². The molecule has 0 saturated carbocycles. The third kappa shape index (κ3) is 1.58. The van der Waals surface area contributed by atoms with E-state index in [9.17, 15) is 0 Å². The molecular formula is C14H15N. The van der Waals surface area contributed by atoms with Crippen LogP contribution in [0.1, 0.15) is 29.2 Å². The molecule has 1 aliphatic rings. The van der Waals surface area contributed by atoms with Gasteiger partial charge in [0.05, 0.1) is 0 Å². The van der Waals surface area contributed by atoms with Crippen molar-refractivity contribution in [1.82, 2.24) is 4.98 Å². The van der Waals surface area contributed by atoms with Crippen molar-refractivity contribution in [2.75, 3.05) is 0 Å². The van der Waals surface area contributed by atoms with E-state index in [1.54, 1.807) is 0 Å².